The Balaban J connectivity index is 0.00000210. The van der Waals surface area contributed by atoms with E-state index in [1.165, 1.54) is 17.7 Å². The van der Waals surface area contributed by atoms with Crippen molar-refractivity contribution in [1.29, 1.82) is 0 Å². The number of hydrogen-bond donors (Lipinski definition) is 2. The van der Waals surface area contributed by atoms with Crippen LogP contribution in [-0.2, 0) is 4.79 Å². The Morgan fingerprint density at radius 3 is 2.41 bits per heavy atom. The summed E-state index contributed by atoms with van der Waals surface area (Å²) in [6.45, 7) is 7.07. The van der Waals surface area contributed by atoms with E-state index in [1.807, 2.05) is 37.3 Å². The molecular weight excluding hydrogens is 425 g/mol. The Kier molecular flexibility index (Phi) is 11.2. The molecule has 2 aromatic rings. The zero-order valence-corrected chi connectivity index (χ0v) is 19.6. The van der Waals surface area contributed by atoms with Gasteiger partial charge < -0.3 is 11.1 Å². The highest BCUT2D eigenvalue weighted by atomic mass is 35.5. The number of thiophene rings is 1. The summed E-state index contributed by atoms with van der Waals surface area (Å²) in [6, 6.07) is 14.1. The predicted octanol–water partition coefficient (Wildman–Crippen LogP) is 4.82. The largest absolute Gasteiger partial charge is 0.354 e. The fraction of sp³-hybridized carbons (Fsp3) is 0.500. The topological polar surface area (TPSA) is 58.4 Å². The van der Waals surface area contributed by atoms with E-state index in [4.69, 9.17) is 5.73 Å². The Morgan fingerprint density at radius 1 is 1.17 bits per heavy atom. The molecule has 1 aliphatic rings. The smallest absolute Gasteiger partial charge is 0.224 e. The molecule has 1 aliphatic heterocycles. The predicted molar refractivity (Wildman–Crippen MR) is 127 cm³/mol. The molecule has 0 radical (unpaired) electrons. The van der Waals surface area contributed by atoms with Gasteiger partial charge in [-0.05, 0) is 48.9 Å². The second-order valence-electron chi connectivity index (χ2n) is 7.72. The number of nitrogens with two attached hydrogens (primary N) is 1. The molecule has 0 saturated carbocycles. The van der Waals surface area contributed by atoms with Crippen LogP contribution in [0.5, 0.6) is 0 Å². The van der Waals surface area contributed by atoms with Gasteiger partial charge in [0.25, 0.3) is 0 Å². The van der Waals surface area contributed by atoms with Crippen LogP contribution < -0.4 is 11.1 Å². The summed E-state index contributed by atoms with van der Waals surface area (Å²) in [7, 11) is 0. The van der Waals surface area contributed by atoms with Gasteiger partial charge in [0.15, 0.2) is 0 Å². The standard InChI is InChI=1S/C22H31N3OS.2ClH/c1-16-10-12-25(13-11-16)19(20-9-6-14-27-20)15-24-22(26)17(2)21(23)18-7-4-3-5-8-18;;/h3-9,14,16-17,19,21H,10-13,15,23H2,1-2H3,(H,24,26);2*1H. The van der Waals surface area contributed by atoms with Crippen LogP contribution in [-0.4, -0.2) is 30.4 Å². The number of rotatable bonds is 7. The molecule has 162 valence electrons. The lowest BCUT2D eigenvalue weighted by Gasteiger charge is -2.36. The third-order valence-electron chi connectivity index (χ3n) is 5.74. The number of nitrogens with zero attached hydrogens (tertiary/aromatic N) is 1. The van der Waals surface area contributed by atoms with Gasteiger partial charge in [-0.2, -0.15) is 0 Å². The van der Waals surface area contributed by atoms with E-state index < -0.39 is 0 Å². The van der Waals surface area contributed by atoms with Crippen molar-refractivity contribution in [2.24, 2.45) is 17.6 Å². The van der Waals surface area contributed by atoms with Crippen molar-refractivity contribution < 1.29 is 4.79 Å². The summed E-state index contributed by atoms with van der Waals surface area (Å²) in [6.07, 6.45) is 2.45. The van der Waals surface area contributed by atoms with E-state index in [0.29, 0.717) is 6.54 Å². The summed E-state index contributed by atoms with van der Waals surface area (Å²) in [4.78, 5) is 16.6. The lowest BCUT2D eigenvalue weighted by molar-refractivity contribution is -0.125. The van der Waals surface area contributed by atoms with E-state index in [-0.39, 0.29) is 48.7 Å². The lowest BCUT2D eigenvalue weighted by Crippen LogP contribution is -2.43. The summed E-state index contributed by atoms with van der Waals surface area (Å²) in [5.74, 6) is 0.555. The Morgan fingerprint density at radius 2 is 1.83 bits per heavy atom. The molecule has 3 unspecified atom stereocenters. The molecule has 1 saturated heterocycles. The molecule has 4 nitrogen and oxygen atoms in total. The Hall–Kier alpha value is -1.11. The van der Waals surface area contributed by atoms with Gasteiger partial charge in [0.05, 0.1) is 12.0 Å². The molecule has 1 amide bonds. The van der Waals surface area contributed by atoms with Gasteiger partial charge in [0, 0.05) is 17.5 Å². The molecular formula is C22H33Cl2N3OS. The van der Waals surface area contributed by atoms with Crippen molar-refractivity contribution in [2.45, 2.75) is 38.8 Å². The van der Waals surface area contributed by atoms with Crippen LogP contribution >= 0.6 is 36.2 Å². The van der Waals surface area contributed by atoms with Crippen LogP contribution in [0.15, 0.2) is 47.8 Å². The van der Waals surface area contributed by atoms with Crippen molar-refractivity contribution in [3.8, 4) is 0 Å². The molecule has 0 bridgehead atoms. The molecule has 29 heavy (non-hydrogen) atoms. The number of nitrogens with one attached hydrogen (secondary N) is 1. The van der Waals surface area contributed by atoms with E-state index in [1.54, 1.807) is 11.3 Å². The van der Waals surface area contributed by atoms with Gasteiger partial charge in [-0.1, -0.05) is 50.2 Å². The zero-order valence-electron chi connectivity index (χ0n) is 17.1. The van der Waals surface area contributed by atoms with Crippen molar-refractivity contribution >= 4 is 42.1 Å². The first kappa shape index (κ1) is 25.9. The zero-order chi connectivity index (χ0) is 19.2. The van der Waals surface area contributed by atoms with Crippen LogP contribution in [0.4, 0.5) is 0 Å². The fourth-order valence-corrected chi connectivity index (χ4v) is 4.58. The Bertz CT molecular complexity index is 706. The van der Waals surface area contributed by atoms with E-state index in [9.17, 15) is 4.79 Å². The normalized spacial score (nSPS) is 18.0. The summed E-state index contributed by atoms with van der Waals surface area (Å²) < 4.78 is 0. The van der Waals surface area contributed by atoms with Gasteiger partial charge in [-0.25, -0.2) is 0 Å². The van der Waals surface area contributed by atoms with Crippen LogP contribution in [0.2, 0.25) is 0 Å². The van der Waals surface area contributed by atoms with Gasteiger partial charge in [-0.15, -0.1) is 36.2 Å². The number of halogens is 2. The maximum absolute atomic E-state index is 12.8. The molecule has 0 spiro atoms. The molecule has 1 aromatic heterocycles. The molecule has 1 fully saturated rings. The van der Waals surface area contributed by atoms with Crippen LogP contribution in [0.3, 0.4) is 0 Å². The third-order valence-corrected chi connectivity index (χ3v) is 6.71. The Labute approximate surface area is 191 Å². The highest BCUT2D eigenvalue weighted by Crippen LogP contribution is 2.29. The average molecular weight is 458 g/mol. The second-order valence-corrected chi connectivity index (χ2v) is 8.70. The van der Waals surface area contributed by atoms with Gasteiger partial charge in [-0.3, -0.25) is 9.69 Å². The first-order valence-electron chi connectivity index (χ1n) is 9.92. The van der Waals surface area contributed by atoms with Gasteiger partial charge >= 0.3 is 0 Å². The second kappa shape index (κ2) is 12.6. The van der Waals surface area contributed by atoms with Crippen molar-refractivity contribution in [3.63, 3.8) is 0 Å². The maximum atomic E-state index is 12.8. The van der Waals surface area contributed by atoms with Crippen molar-refractivity contribution in [2.75, 3.05) is 19.6 Å². The molecule has 2 heterocycles. The minimum Gasteiger partial charge on any atom is -0.354 e. The van der Waals surface area contributed by atoms with Gasteiger partial charge in [0.1, 0.15) is 0 Å². The highest BCUT2D eigenvalue weighted by molar-refractivity contribution is 7.10. The number of benzene rings is 1. The number of amides is 1. The molecule has 3 rings (SSSR count). The highest BCUT2D eigenvalue weighted by Gasteiger charge is 2.27. The van der Waals surface area contributed by atoms with E-state index >= 15 is 0 Å². The first-order chi connectivity index (χ1) is 13.1. The number of hydrogen-bond acceptors (Lipinski definition) is 4. The first-order valence-corrected chi connectivity index (χ1v) is 10.8. The lowest BCUT2D eigenvalue weighted by atomic mass is 9.94. The number of likely N-dealkylation sites (tertiary alicyclic amines) is 1. The minimum atomic E-state index is -0.290. The van der Waals surface area contributed by atoms with Crippen LogP contribution in [0, 0.1) is 11.8 Å². The summed E-state index contributed by atoms with van der Waals surface area (Å²) in [5, 5.41) is 5.29. The number of carbonyl (C=O) groups is 1. The maximum Gasteiger partial charge on any atom is 0.224 e. The number of carbonyl (C=O) groups excluding carboxylic acids is 1. The molecule has 3 atom stereocenters. The monoisotopic (exact) mass is 457 g/mol. The summed E-state index contributed by atoms with van der Waals surface area (Å²) in [5.41, 5.74) is 7.33. The van der Waals surface area contributed by atoms with E-state index in [0.717, 1.165) is 24.6 Å². The SMILES string of the molecule is CC1CCN(C(CNC(=O)C(C)C(N)c2ccccc2)c2cccs2)CC1.Cl.Cl. The van der Waals surface area contributed by atoms with Crippen LogP contribution in [0.25, 0.3) is 0 Å². The summed E-state index contributed by atoms with van der Waals surface area (Å²) >= 11 is 1.77. The fourth-order valence-electron chi connectivity index (χ4n) is 3.72. The molecule has 7 heteroatoms. The van der Waals surface area contributed by atoms with Crippen LogP contribution in [0.1, 0.15) is 49.2 Å². The van der Waals surface area contributed by atoms with Crippen molar-refractivity contribution in [1.82, 2.24) is 10.2 Å². The third kappa shape index (κ3) is 6.97. The molecule has 1 aromatic carbocycles. The minimum absolute atomic E-state index is 0. The van der Waals surface area contributed by atoms with Crippen molar-refractivity contribution in [3.05, 3.63) is 58.3 Å². The average Bonchev–Trinajstić information content (AvgIpc) is 3.23. The van der Waals surface area contributed by atoms with E-state index in [2.05, 4.69) is 34.7 Å². The number of piperidine rings is 1. The van der Waals surface area contributed by atoms with Gasteiger partial charge in [0.2, 0.25) is 5.91 Å². The molecule has 3 N–H and O–H groups in total. The quantitative estimate of drug-likeness (QED) is 0.626. The molecule has 0 aliphatic carbocycles.